The highest BCUT2D eigenvalue weighted by Crippen LogP contribution is 2.22. The summed E-state index contributed by atoms with van der Waals surface area (Å²) in [6, 6.07) is 0. The van der Waals surface area contributed by atoms with Crippen molar-refractivity contribution in [3.8, 4) is 0 Å². The molecule has 0 N–H and O–H groups in total. The van der Waals surface area contributed by atoms with E-state index in [9.17, 15) is 0 Å². The molecule has 2 atom stereocenters. The van der Waals surface area contributed by atoms with Gasteiger partial charge in [0.1, 0.15) is 6.61 Å². The van der Waals surface area contributed by atoms with Crippen molar-refractivity contribution in [1.82, 2.24) is 10.1 Å². The summed E-state index contributed by atoms with van der Waals surface area (Å²) in [5.74, 6) is 1.60. The molecule has 0 aromatic carbocycles. The normalized spacial score (nSPS) is 22.5. The Morgan fingerprint density at radius 2 is 2.44 bits per heavy atom. The van der Waals surface area contributed by atoms with Crippen LogP contribution in [-0.4, -0.2) is 29.5 Å². The van der Waals surface area contributed by atoms with E-state index in [1.54, 1.807) is 0 Å². The zero-order valence-corrected chi connectivity index (χ0v) is 9.81. The molecule has 1 aliphatic rings. The van der Waals surface area contributed by atoms with E-state index >= 15 is 0 Å². The fraction of sp³-hybridized carbons (Fsp3) is 0.818. The number of ether oxygens (including phenoxy) is 2. The summed E-state index contributed by atoms with van der Waals surface area (Å²) in [5.41, 5.74) is 0. The lowest BCUT2D eigenvalue weighted by Gasteiger charge is -2.06. The van der Waals surface area contributed by atoms with E-state index in [0.29, 0.717) is 25.0 Å². The van der Waals surface area contributed by atoms with Gasteiger partial charge in [0.15, 0.2) is 5.82 Å². The van der Waals surface area contributed by atoms with E-state index in [2.05, 4.69) is 17.1 Å². The minimum atomic E-state index is 0.227. The molecule has 5 nitrogen and oxygen atoms in total. The second kappa shape index (κ2) is 5.41. The standard InChI is InChI=1S/C11H18N2O3/c1-3-8(2)15-7-10-12-11(13-16-10)9-4-5-14-6-9/h8-9H,3-7H2,1-2H3/t8-,9-/m0/s1. The molecule has 0 unspecified atom stereocenters. The van der Waals surface area contributed by atoms with Gasteiger partial charge >= 0.3 is 0 Å². The van der Waals surface area contributed by atoms with E-state index in [-0.39, 0.29) is 6.10 Å². The second-order valence-electron chi connectivity index (χ2n) is 4.14. The van der Waals surface area contributed by atoms with E-state index < -0.39 is 0 Å². The Morgan fingerprint density at radius 1 is 1.56 bits per heavy atom. The fourth-order valence-electron chi connectivity index (χ4n) is 1.56. The molecule has 0 amide bonds. The first-order valence-electron chi connectivity index (χ1n) is 5.81. The zero-order chi connectivity index (χ0) is 11.4. The molecular formula is C11H18N2O3. The van der Waals surface area contributed by atoms with Crippen molar-refractivity contribution in [2.75, 3.05) is 13.2 Å². The molecule has 1 fully saturated rings. The Balaban J connectivity index is 1.86. The summed E-state index contributed by atoms with van der Waals surface area (Å²) in [6.45, 7) is 6.00. The maximum atomic E-state index is 5.53. The summed E-state index contributed by atoms with van der Waals surface area (Å²) < 4.78 is 15.9. The van der Waals surface area contributed by atoms with Crippen LogP contribution in [0.3, 0.4) is 0 Å². The lowest BCUT2D eigenvalue weighted by Crippen LogP contribution is -2.06. The first-order chi connectivity index (χ1) is 7.79. The van der Waals surface area contributed by atoms with Gasteiger partial charge in [-0.05, 0) is 19.8 Å². The second-order valence-corrected chi connectivity index (χ2v) is 4.14. The molecule has 0 radical (unpaired) electrons. The van der Waals surface area contributed by atoms with Crippen molar-refractivity contribution in [2.24, 2.45) is 0 Å². The summed E-state index contributed by atoms with van der Waals surface area (Å²) in [7, 11) is 0. The average Bonchev–Trinajstić information content (AvgIpc) is 2.95. The van der Waals surface area contributed by atoms with Crippen molar-refractivity contribution >= 4 is 0 Å². The van der Waals surface area contributed by atoms with Crippen LogP contribution in [0, 0.1) is 0 Å². The van der Waals surface area contributed by atoms with Gasteiger partial charge in [-0.2, -0.15) is 4.98 Å². The lowest BCUT2D eigenvalue weighted by atomic mass is 10.1. The van der Waals surface area contributed by atoms with Crippen LogP contribution in [0.2, 0.25) is 0 Å². The van der Waals surface area contributed by atoms with Crippen LogP contribution >= 0.6 is 0 Å². The summed E-state index contributed by atoms with van der Waals surface area (Å²) in [6.07, 6.45) is 2.19. The number of aromatic nitrogens is 2. The van der Waals surface area contributed by atoms with E-state index in [4.69, 9.17) is 14.0 Å². The Morgan fingerprint density at radius 3 is 3.12 bits per heavy atom. The summed E-state index contributed by atoms with van der Waals surface area (Å²) in [5, 5.41) is 3.96. The van der Waals surface area contributed by atoms with Crippen molar-refractivity contribution in [3.63, 3.8) is 0 Å². The van der Waals surface area contributed by atoms with Gasteiger partial charge in [0.25, 0.3) is 5.89 Å². The maximum Gasteiger partial charge on any atom is 0.252 e. The predicted octanol–water partition coefficient (Wildman–Crippen LogP) is 1.89. The fourth-order valence-corrected chi connectivity index (χ4v) is 1.56. The molecule has 16 heavy (non-hydrogen) atoms. The average molecular weight is 226 g/mol. The molecule has 0 bridgehead atoms. The monoisotopic (exact) mass is 226 g/mol. The van der Waals surface area contributed by atoms with E-state index in [0.717, 1.165) is 25.3 Å². The van der Waals surface area contributed by atoms with Crippen LogP contribution in [0.25, 0.3) is 0 Å². The lowest BCUT2D eigenvalue weighted by molar-refractivity contribution is 0.0352. The van der Waals surface area contributed by atoms with Crippen molar-refractivity contribution in [2.45, 2.75) is 45.3 Å². The molecule has 2 rings (SSSR count). The van der Waals surface area contributed by atoms with Crippen molar-refractivity contribution in [1.29, 1.82) is 0 Å². The van der Waals surface area contributed by atoms with Gasteiger partial charge < -0.3 is 14.0 Å². The first-order valence-corrected chi connectivity index (χ1v) is 5.81. The largest absolute Gasteiger partial charge is 0.381 e. The van der Waals surface area contributed by atoms with E-state index in [1.165, 1.54) is 0 Å². The highest BCUT2D eigenvalue weighted by Gasteiger charge is 2.23. The van der Waals surface area contributed by atoms with Gasteiger partial charge in [0, 0.05) is 12.5 Å². The Bertz CT molecular complexity index is 321. The number of hydrogen-bond donors (Lipinski definition) is 0. The van der Waals surface area contributed by atoms with Gasteiger partial charge in [0.2, 0.25) is 0 Å². The molecule has 0 aliphatic carbocycles. The third-order valence-corrected chi connectivity index (χ3v) is 2.84. The first kappa shape index (κ1) is 11.5. The molecule has 90 valence electrons. The van der Waals surface area contributed by atoms with Crippen LogP contribution in [0.15, 0.2) is 4.52 Å². The molecule has 2 heterocycles. The van der Waals surface area contributed by atoms with Gasteiger partial charge in [-0.15, -0.1) is 0 Å². The topological polar surface area (TPSA) is 57.4 Å². The minimum absolute atomic E-state index is 0.227. The van der Waals surface area contributed by atoms with Crippen LogP contribution in [0.4, 0.5) is 0 Å². The molecule has 0 spiro atoms. The van der Waals surface area contributed by atoms with E-state index in [1.807, 2.05) is 6.92 Å². The summed E-state index contributed by atoms with van der Waals surface area (Å²) in [4.78, 5) is 4.32. The van der Waals surface area contributed by atoms with Crippen LogP contribution in [0.1, 0.15) is 44.3 Å². The van der Waals surface area contributed by atoms with Crippen molar-refractivity contribution < 1.29 is 14.0 Å². The number of rotatable bonds is 5. The van der Waals surface area contributed by atoms with Gasteiger partial charge in [-0.3, -0.25) is 0 Å². The number of hydrogen-bond acceptors (Lipinski definition) is 5. The Labute approximate surface area is 95.1 Å². The molecule has 0 saturated carbocycles. The van der Waals surface area contributed by atoms with Crippen LogP contribution < -0.4 is 0 Å². The Kier molecular flexibility index (Phi) is 3.90. The molecule has 1 aromatic rings. The SMILES string of the molecule is CC[C@H](C)OCc1nc([C@H]2CCOC2)no1. The minimum Gasteiger partial charge on any atom is -0.381 e. The van der Waals surface area contributed by atoms with Crippen LogP contribution in [0.5, 0.6) is 0 Å². The van der Waals surface area contributed by atoms with Gasteiger partial charge in [-0.25, -0.2) is 0 Å². The molecule has 1 aliphatic heterocycles. The van der Waals surface area contributed by atoms with Crippen molar-refractivity contribution in [3.05, 3.63) is 11.7 Å². The highest BCUT2D eigenvalue weighted by molar-refractivity contribution is 4.96. The molecule has 1 aromatic heterocycles. The van der Waals surface area contributed by atoms with Crippen LogP contribution in [-0.2, 0) is 16.1 Å². The third-order valence-electron chi connectivity index (χ3n) is 2.84. The molecule has 5 heteroatoms. The summed E-state index contributed by atoms with van der Waals surface area (Å²) >= 11 is 0. The molecule has 1 saturated heterocycles. The highest BCUT2D eigenvalue weighted by atomic mass is 16.5. The maximum absolute atomic E-state index is 5.53. The quantitative estimate of drug-likeness (QED) is 0.767. The van der Waals surface area contributed by atoms with Gasteiger partial charge in [0.05, 0.1) is 12.7 Å². The number of nitrogens with zero attached hydrogens (tertiary/aromatic N) is 2. The van der Waals surface area contributed by atoms with Gasteiger partial charge in [-0.1, -0.05) is 12.1 Å². The molecular weight excluding hydrogens is 208 g/mol. The smallest absolute Gasteiger partial charge is 0.252 e. The third kappa shape index (κ3) is 2.80. The Hall–Kier alpha value is -0.940. The zero-order valence-electron chi connectivity index (χ0n) is 9.81. The predicted molar refractivity (Wildman–Crippen MR) is 57.0 cm³/mol.